The Morgan fingerprint density at radius 2 is 1.38 bits per heavy atom. The topological polar surface area (TPSA) is 147 Å². The summed E-state index contributed by atoms with van der Waals surface area (Å²) in [6.45, 7) is 4.79. The molecule has 13 nitrogen and oxygen atoms in total. The van der Waals surface area contributed by atoms with Gasteiger partial charge in [0.25, 0.3) is 0 Å². The van der Waals surface area contributed by atoms with Crippen molar-refractivity contribution >= 4 is 23.4 Å². The Bertz CT molecular complexity index is 1480. The van der Waals surface area contributed by atoms with Crippen LogP contribution < -0.4 is 4.90 Å². The standard InChI is InChI=1S/C19H23N9.2C2HF3O2/c1-24-12-15(9-22-24)13-26-5-7-27(8-6-26)18-19-21-11-17(28(19)4-3-20-18)16-10-23-25(2)14-16;2*3-2(4,5)1(6)7/h3-4,9-12,14H,5-8,13H2,1-2H3;2*(H,6,7). The van der Waals surface area contributed by atoms with Gasteiger partial charge < -0.3 is 15.1 Å². The van der Waals surface area contributed by atoms with Crippen molar-refractivity contribution in [2.45, 2.75) is 18.9 Å². The number of nitrogens with zero attached hydrogens (tertiary/aromatic N) is 9. The second kappa shape index (κ2) is 12.9. The van der Waals surface area contributed by atoms with Crippen molar-refractivity contribution < 1.29 is 46.1 Å². The minimum Gasteiger partial charge on any atom is -0.475 e. The molecule has 0 amide bonds. The fraction of sp³-hybridized carbons (Fsp3) is 0.391. The van der Waals surface area contributed by atoms with Gasteiger partial charge in [-0.05, 0) is 0 Å². The zero-order valence-corrected chi connectivity index (χ0v) is 22.1. The van der Waals surface area contributed by atoms with Crippen LogP contribution in [0.25, 0.3) is 16.9 Å². The smallest absolute Gasteiger partial charge is 0.475 e. The summed E-state index contributed by atoms with van der Waals surface area (Å²) < 4.78 is 69.2. The van der Waals surface area contributed by atoms with E-state index in [2.05, 4.69) is 40.6 Å². The molecule has 19 heteroatoms. The van der Waals surface area contributed by atoms with E-state index in [-0.39, 0.29) is 0 Å². The monoisotopic (exact) mass is 605 g/mol. The molecule has 4 aromatic heterocycles. The van der Waals surface area contributed by atoms with Crippen LogP contribution >= 0.6 is 0 Å². The number of carbonyl (C=O) groups is 2. The molecule has 1 aliphatic heterocycles. The van der Waals surface area contributed by atoms with Gasteiger partial charge in [-0.15, -0.1) is 0 Å². The number of hydrogen-bond acceptors (Lipinski definition) is 8. The number of piperazine rings is 1. The predicted molar refractivity (Wildman–Crippen MR) is 133 cm³/mol. The highest BCUT2D eigenvalue weighted by molar-refractivity contribution is 5.73. The van der Waals surface area contributed by atoms with E-state index in [1.54, 1.807) is 4.68 Å². The lowest BCUT2D eigenvalue weighted by atomic mass is 10.2. The highest BCUT2D eigenvalue weighted by Gasteiger charge is 2.38. The van der Waals surface area contributed by atoms with Gasteiger partial charge >= 0.3 is 24.3 Å². The molecule has 5 heterocycles. The number of rotatable bonds is 4. The molecule has 0 saturated carbocycles. The molecule has 0 spiro atoms. The lowest BCUT2D eigenvalue weighted by Gasteiger charge is -2.35. The third-order valence-corrected chi connectivity index (χ3v) is 5.73. The van der Waals surface area contributed by atoms with E-state index >= 15 is 0 Å². The van der Waals surface area contributed by atoms with Gasteiger partial charge in [0.15, 0.2) is 11.5 Å². The molecule has 4 aromatic rings. The minimum absolute atomic E-state index is 0.891. The Balaban J connectivity index is 0.000000289. The van der Waals surface area contributed by atoms with Crippen molar-refractivity contribution in [3.8, 4) is 11.3 Å². The van der Waals surface area contributed by atoms with E-state index in [1.807, 2.05) is 56.0 Å². The van der Waals surface area contributed by atoms with Gasteiger partial charge in [0, 0.05) is 82.7 Å². The predicted octanol–water partition coefficient (Wildman–Crippen LogP) is 2.45. The second-order valence-corrected chi connectivity index (χ2v) is 8.88. The number of anilines is 1. The zero-order chi connectivity index (χ0) is 31.2. The van der Waals surface area contributed by atoms with Crippen LogP contribution in [-0.2, 0) is 30.2 Å². The minimum atomic E-state index is -5.08. The largest absolute Gasteiger partial charge is 0.490 e. The fourth-order valence-corrected chi connectivity index (χ4v) is 3.83. The van der Waals surface area contributed by atoms with Crippen molar-refractivity contribution in [3.63, 3.8) is 0 Å². The quantitative estimate of drug-likeness (QED) is 0.333. The molecule has 0 radical (unpaired) electrons. The SMILES string of the molecule is Cn1cc(CN2CCN(c3nccn4c(-c5cnn(C)c5)cnc34)CC2)cn1.O=C(O)C(F)(F)F.O=C(O)C(F)(F)F. The molecule has 5 rings (SSSR count). The maximum Gasteiger partial charge on any atom is 0.490 e. The molecule has 0 bridgehead atoms. The van der Waals surface area contributed by atoms with Crippen molar-refractivity contribution in [1.29, 1.82) is 0 Å². The summed E-state index contributed by atoms with van der Waals surface area (Å²) in [5.74, 6) is -4.57. The molecule has 2 N–H and O–H groups in total. The van der Waals surface area contributed by atoms with Crippen LogP contribution in [0.5, 0.6) is 0 Å². The van der Waals surface area contributed by atoms with Gasteiger partial charge in [0.1, 0.15) is 0 Å². The van der Waals surface area contributed by atoms with E-state index in [1.165, 1.54) is 5.56 Å². The number of aliphatic carboxylic acids is 2. The Morgan fingerprint density at radius 3 is 1.86 bits per heavy atom. The number of carboxylic acid groups (broad SMARTS) is 2. The number of aromatic nitrogens is 7. The van der Waals surface area contributed by atoms with Crippen LogP contribution in [0.15, 0.2) is 43.4 Å². The Kier molecular flexibility index (Phi) is 9.76. The van der Waals surface area contributed by atoms with Crippen LogP contribution in [0.1, 0.15) is 5.56 Å². The number of hydrogen-bond donors (Lipinski definition) is 2. The first-order valence-corrected chi connectivity index (χ1v) is 11.9. The third-order valence-electron chi connectivity index (χ3n) is 5.73. The van der Waals surface area contributed by atoms with E-state index in [9.17, 15) is 26.3 Å². The van der Waals surface area contributed by atoms with Gasteiger partial charge in [0.2, 0.25) is 0 Å². The highest BCUT2D eigenvalue weighted by atomic mass is 19.4. The van der Waals surface area contributed by atoms with Crippen molar-refractivity contribution in [2.24, 2.45) is 14.1 Å². The van der Waals surface area contributed by atoms with Gasteiger partial charge in [-0.3, -0.25) is 18.7 Å². The average molecular weight is 606 g/mol. The van der Waals surface area contributed by atoms with Crippen molar-refractivity contribution in [3.05, 3.63) is 48.9 Å². The molecule has 0 aliphatic carbocycles. The van der Waals surface area contributed by atoms with Crippen LogP contribution in [0.2, 0.25) is 0 Å². The molecule has 228 valence electrons. The Morgan fingerprint density at radius 1 is 0.833 bits per heavy atom. The van der Waals surface area contributed by atoms with E-state index in [0.717, 1.165) is 55.4 Å². The Labute approximate surface area is 233 Å². The molecular weight excluding hydrogens is 580 g/mol. The average Bonchev–Trinajstić information content (AvgIpc) is 3.63. The summed E-state index contributed by atoms with van der Waals surface area (Å²) in [4.78, 5) is 31.9. The summed E-state index contributed by atoms with van der Waals surface area (Å²) in [6, 6.07) is 0. The van der Waals surface area contributed by atoms with E-state index < -0.39 is 24.3 Å². The van der Waals surface area contributed by atoms with E-state index in [0.29, 0.717) is 0 Å². The molecule has 0 aromatic carbocycles. The molecule has 0 unspecified atom stereocenters. The van der Waals surface area contributed by atoms with Gasteiger partial charge in [-0.25, -0.2) is 19.6 Å². The lowest BCUT2D eigenvalue weighted by molar-refractivity contribution is -0.193. The van der Waals surface area contributed by atoms with Gasteiger partial charge in [-0.1, -0.05) is 0 Å². The number of imidazole rings is 1. The summed E-state index contributed by atoms with van der Waals surface area (Å²) in [5, 5.41) is 22.8. The number of halogens is 6. The number of aryl methyl sites for hydroxylation is 2. The second-order valence-electron chi connectivity index (χ2n) is 8.88. The number of carboxylic acids is 2. The van der Waals surface area contributed by atoms with Crippen molar-refractivity contribution in [1.82, 2.24) is 38.8 Å². The summed E-state index contributed by atoms with van der Waals surface area (Å²) in [5.41, 5.74) is 4.23. The first-order valence-electron chi connectivity index (χ1n) is 11.9. The van der Waals surface area contributed by atoms with E-state index in [4.69, 9.17) is 19.8 Å². The third kappa shape index (κ3) is 8.41. The number of fused-ring (bicyclic) bond motifs is 1. The fourth-order valence-electron chi connectivity index (χ4n) is 3.83. The van der Waals surface area contributed by atoms with Crippen molar-refractivity contribution in [2.75, 3.05) is 31.1 Å². The van der Waals surface area contributed by atoms with Gasteiger partial charge in [-0.2, -0.15) is 36.5 Å². The molecule has 1 saturated heterocycles. The first kappa shape index (κ1) is 31.8. The Hall–Kier alpha value is -4.68. The van der Waals surface area contributed by atoms with Crippen LogP contribution in [0.4, 0.5) is 32.2 Å². The van der Waals surface area contributed by atoms with Crippen LogP contribution in [0.3, 0.4) is 0 Å². The number of alkyl halides is 6. The summed E-state index contributed by atoms with van der Waals surface area (Å²) in [6.07, 6.45) is 3.44. The summed E-state index contributed by atoms with van der Waals surface area (Å²) >= 11 is 0. The summed E-state index contributed by atoms with van der Waals surface area (Å²) in [7, 11) is 3.88. The normalized spacial score (nSPS) is 14.1. The maximum atomic E-state index is 10.6. The van der Waals surface area contributed by atoms with Crippen LogP contribution in [-0.4, -0.2) is 99.5 Å². The highest BCUT2D eigenvalue weighted by Crippen LogP contribution is 2.25. The lowest BCUT2D eigenvalue weighted by Crippen LogP contribution is -2.46. The molecule has 42 heavy (non-hydrogen) atoms. The molecular formula is C23H25F6N9O4. The first-order chi connectivity index (χ1) is 19.6. The zero-order valence-electron chi connectivity index (χ0n) is 22.1. The molecule has 1 aliphatic rings. The van der Waals surface area contributed by atoms with Crippen LogP contribution in [0, 0.1) is 0 Å². The maximum absolute atomic E-state index is 10.6. The molecule has 1 fully saturated rings. The molecule has 0 atom stereocenters. The van der Waals surface area contributed by atoms with Gasteiger partial charge in [0.05, 0.1) is 24.3 Å².